The Morgan fingerprint density at radius 2 is 2.07 bits per heavy atom. The van der Waals surface area contributed by atoms with Crippen LogP contribution in [0.4, 0.5) is 0 Å². The van der Waals surface area contributed by atoms with E-state index in [1.165, 1.54) is 19.3 Å². The minimum atomic E-state index is 0.241. The third-order valence-electron chi connectivity index (χ3n) is 3.47. The van der Waals surface area contributed by atoms with Gasteiger partial charge in [-0.15, -0.1) is 0 Å². The topological polar surface area (TPSA) is 32.3 Å². The number of hydrogen-bond donors (Lipinski definition) is 1. The number of carbonyl (C=O) groups is 1. The van der Waals surface area contributed by atoms with E-state index in [9.17, 15) is 4.79 Å². The SMILES string of the molecule is CC(C)N1[C@H]2CCC[C@H]1CC(=O)NC2. The van der Waals surface area contributed by atoms with Crippen LogP contribution in [0.25, 0.3) is 0 Å². The standard InChI is InChI=1S/C11H20N2O/c1-8(2)13-9-4-3-5-10(13)7-12-11(14)6-9/h8-10H,3-7H2,1-2H3,(H,12,14)/t9-,10-/m0/s1. The van der Waals surface area contributed by atoms with Gasteiger partial charge in [-0.1, -0.05) is 6.42 Å². The molecule has 2 saturated heterocycles. The average molecular weight is 196 g/mol. The van der Waals surface area contributed by atoms with Gasteiger partial charge in [-0.2, -0.15) is 0 Å². The maximum atomic E-state index is 11.5. The maximum absolute atomic E-state index is 11.5. The Kier molecular flexibility index (Phi) is 2.77. The van der Waals surface area contributed by atoms with Crippen molar-refractivity contribution in [3.63, 3.8) is 0 Å². The summed E-state index contributed by atoms with van der Waals surface area (Å²) in [4.78, 5) is 14.0. The Balaban J connectivity index is 2.17. The van der Waals surface area contributed by atoms with Crippen molar-refractivity contribution in [3.05, 3.63) is 0 Å². The molecule has 80 valence electrons. The van der Waals surface area contributed by atoms with Crippen LogP contribution in [0, 0.1) is 0 Å². The monoisotopic (exact) mass is 196 g/mol. The van der Waals surface area contributed by atoms with Gasteiger partial charge in [0.05, 0.1) is 0 Å². The molecule has 2 fully saturated rings. The van der Waals surface area contributed by atoms with Gasteiger partial charge in [-0.05, 0) is 26.7 Å². The number of hydrogen-bond acceptors (Lipinski definition) is 2. The summed E-state index contributed by atoms with van der Waals surface area (Å²) in [5, 5.41) is 3.02. The Hall–Kier alpha value is -0.570. The Morgan fingerprint density at radius 1 is 1.36 bits per heavy atom. The summed E-state index contributed by atoms with van der Waals surface area (Å²) < 4.78 is 0. The first kappa shape index (κ1) is 9.97. The summed E-state index contributed by atoms with van der Waals surface area (Å²) in [5.74, 6) is 0.241. The van der Waals surface area contributed by atoms with Crippen molar-refractivity contribution >= 4 is 5.91 Å². The van der Waals surface area contributed by atoms with Crippen LogP contribution in [-0.2, 0) is 4.79 Å². The van der Waals surface area contributed by atoms with Gasteiger partial charge < -0.3 is 5.32 Å². The second-order valence-corrected chi connectivity index (χ2v) is 4.79. The highest BCUT2D eigenvalue weighted by atomic mass is 16.1. The Labute approximate surface area is 85.8 Å². The first-order chi connectivity index (χ1) is 6.68. The van der Waals surface area contributed by atoms with Crippen molar-refractivity contribution in [2.24, 2.45) is 0 Å². The van der Waals surface area contributed by atoms with E-state index in [1.54, 1.807) is 0 Å². The first-order valence-electron chi connectivity index (χ1n) is 5.72. The minimum Gasteiger partial charge on any atom is -0.354 e. The van der Waals surface area contributed by atoms with Gasteiger partial charge in [0.2, 0.25) is 5.91 Å². The van der Waals surface area contributed by atoms with E-state index in [0.717, 1.165) is 6.54 Å². The molecule has 2 atom stereocenters. The molecule has 0 unspecified atom stereocenters. The van der Waals surface area contributed by atoms with Crippen molar-refractivity contribution in [2.45, 2.75) is 57.7 Å². The second-order valence-electron chi connectivity index (χ2n) is 4.79. The summed E-state index contributed by atoms with van der Waals surface area (Å²) in [6.45, 7) is 5.33. The molecule has 2 rings (SSSR count). The third kappa shape index (κ3) is 1.78. The first-order valence-corrected chi connectivity index (χ1v) is 5.72. The van der Waals surface area contributed by atoms with Gasteiger partial charge in [-0.25, -0.2) is 0 Å². The molecule has 1 amide bonds. The van der Waals surface area contributed by atoms with Crippen LogP contribution >= 0.6 is 0 Å². The maximum Gasteiger partial charge on any atom is 0.221 e. The quantitative estimate of drug-likeness (QED) is 0.682. The summed E-state index contributed by atoms with van der Waals surface area (Å²) in [7, 11) is 0. The van der Waals surface area contributed by atoms with Gasteiger partial charge in [0.1, 0.15) is 0 Å². The van der Waals surface area contributed by atoms with Crippen molar-refractivity contribution in [1.82, 2.24) is 10.2 Å². The number of nitrogens with one attached hydrogen (secondary N) is 1. The highest BCUT2D eigenvalue weighted by Gasteiger charge is 2.35. The molecule has 2 heterocycles. The van der Waals surface area contributed by atoms with Crippen LogP contribution in [0.2, 0.25) is 0 Å². The highest BCUT2D eigenvalue weighted by Crippen LogP contribution is 2.28. The smallest absolute Gasteiger partial charge is 0.221 e. The Morgan fingerprint density at radius 3 is 2.79 bits per heavy atom. The van der Waals surface area contributed by atoms with Crippen molar-refractivity contribution < 1.29 is 4.79 Å². The van der Waals surface area contributed by atoms with E-state index in [4.69, 9.17) is 0 Å². The molecule has 0 aliphatic carbocycles. The molecule has 1 N–H and O–H groups in total. The third-order valence-corrected chi connectivity index (χ3v) is 3.47. The largest absolute Gasteiger partial charge is 0.354 e. The summed E-state index contributed by atoms with van der Waals surface area (Å²) in [5.41, 5.74) is 0. The molecule has 0 spiro atoms. The normalized spacial score (nSPS) is 34.1. The molecular formula is C11H20N2O. The summed E-state index contributed by atoms with van der Waals surface area (Å²) in [6.07, 6.45) is 4.43. The van der Waals surface area contributed by atoms with Gasteiger partial charge in [0.15, 0.2) is 0 Å². The van der Waals surface area contributed by atoms with Crippen LogP contribution in [0.1, 0.15) is 39.5 Å². The van der Waals surface area contributed by atoms with Crippen LogP contribution in [0.5, 0.6) is 0 Å². The number of fused-ring (bicyclic) bond motifs is 2. The second kappa shape index (κ2) is 3.89. The zero-order chi connectivity index (χ0) is 10.1. The summed E-state index contributed by atoms with van der Waals surface area (Å²) in [6, 6.07) is 1.65. The zero-order valence-corrected chi connectivity index (χ0v) is 9.12. The van der Waals surface area contributed by atoms with E-state index in [0.29, 0.717) is 24.5 Å². The van der Waals surface area contributed by atoms with E-state index < -0.39 is 0 Å². The molecular weight excluding hydrogens is 176 g/mol. The predicted molar refractivity (Wildman–Crippen MR) is 56.0 cm³/mol. The fourth-order valence-electron chi connectivity index (χ4n) is 2.96. The number of amides is 1. The molecule has 0 aromatic carbocycles. The van der Waals surface area contributed by atoms with Gasteiger partial charge in [-0.3, -0.25) is 9.69 Å². The lowest BCUT2D eigenvalue weighted by Crippen LogP contribution is -2.51. The van der Waals surface area contributed by atoms with E-state index in [1.807, 2.05) is 0 Å². The highest BCUT2D eigenvalue weighted by molar-refractivity contribution is 5.77. The molecule has 0 saturated carbocycles. The number of carbonyl (C=O) groups excluding carboxylic acids is 1. The molecule has 3 heteroatoms. The van der Waals surface area contributed by atoms with Crippen LogP contribution in [-0.4, -0.2) is 35.5 Å². The van der Waals surface area contributed by atoms with Crippen molar-refractivity contribution in [3.8, 4) is 0 Å². The number of piperidine rings is 1. The molecule has 3 nitrogen and oxygen atoms in total. The van der Waals surface area contributed by atoms with E-state index >= 15 is 0 Å². The summed E-state index contributed by atoms with van der Waals surface area (Å²) >= 11 is 0. The van der Waals surface area contributed by atoms with Gasteiger partial charge in [0.25, 0.3) is 0 Å². The lowest BCUT2D eigenvalue weighted by molar-refractivity contribution is -0.121. The van der Waals surface area contributed by atoms with Crippen LogP contribution in [0.3, 0.4) is 0 Å². The number of nitrogens with zero attached hydrogens (tertiary/aromatic N) is 1. The fourth-order valence-corrected chi connectivity index (χ4v) is 2.96. The molecule has 2 bridgehead atoms. The van der Waals surface area contributed by atoms with E-state index in [-0.39, 0.29) is 5.91 Å². The van der Waals surface area contributed by atoms with Crippen LogP contribution < -0.4 is 5.32 Å². The zero-order valence-electron chi connectivity index (χ0n) is 9.12. The predicted octanol–water partition coefficient (Wildman–Crippen LogP) is 1.14. The van der Waals surface area contributed by atoms with Gasteiger partial charge in [0, 0.05) is 31.1 Å². The minimum absolute atomic E-state index is 0.241. The molecule has 0 radical (unpaired) electrons. The van der Waals surface area contributed by atoms with E-state index in [2.05, 4.69) is 24.1 Å². The lowest BCUT2D eigenvalue weighted by Gasteiger charge is -2.42. The van der Waals surface area contributed by atoms with Crippen LogP contribution in [0.15, 0.2) is 0 Å². The van der Waals surface area contributed by atoms with Crippen molar-refractivity contribution in [2.75, 3.05) is 6.54 Å². The van der Waals surface area contributed by atoms with Crippen molar-refractivity contribution in [1.29, 1.82) is 0 Å². The molecule has 2 aliphatic heterocycles. The lowest BCUT2D eigenvalue weighted by atomic mass is 9.93. The molecule has 0 aromatic rings. The molecule has 14 heavy (non-hydrogen) atoms. The number of rotatable bonds is 1. The molecule has 2 aliphatic rings. The average Bonchev–Trinajstić information content (AvgIpc) is 2.22. The molecule has 0 aromatic heterocycles. The Bertz CT molecular complexity index is 227. The van der Waals surface area contributed by atoms with Gasteiger partial charge >= 0.3 is 0 Å². The fraction of sp³-hybridized carbons (Fsp3) is 0.909.